The summed E-state index contributed by atoms with van der Waals surface area (Å²) >= 11 is 3.52. The molecule has 1 aliphatic heterocycles. The van der Waals surface area contributed by atoms with Crippen molar-refractivity contribution in [2.24, 2.45) is 0 Å². The molecule has 1 fully saturated rings. The first-order chi connectivity index (χ1) is 13.8. The van der Waals surface area contributed by atoms with Gasteiger partial charge in [-0.15, -0.1) is 0 Å². The molecule has 1 aliphatic rings. The van der Waals surface area contributed by atoms with Gasteiger partial charge in [0.15, 0.2) is 0 Å². The first-order valence-electron chi connectivity index (χ1n) is 9.68. The molecule has 28 heavy (non-hydrogen) atoms. The Morgan fingerprint density at radius 2 is 1.07 bits per heavy atom. The third kappa shape index (κ3) is 14.2. The number of ether oxygens (including phenoxy) is 8. The molecular weight excluding hydrogens is 440 g/mol. The third-order valence-electron chi connectivity index (χ3n) is 3.71. The van der Waals surface area contributed by atoms with Gasteiger partial charge in [-0.3, -0.25) is 0 Å². The molecule has 0 saturated carbocycles. The predicted octanol–water partition coefficient (Wildman–Crippen LogP) is 0.259. The lowest BCUT2D eigenvalue weighted by molar-refractivity contribution is -0.139. The first-order valence-corrected chi connectivity index (χ1v) is 10.8. The van der Waals surface area contributed by atoms with Crippen LogP contribution < -0.4 is 0 Å². The minimum atomic E-state index is -0.614. The van der Waals surface area contributed by atoms with Crippen LogP contribution in [0.15, 0.2) is 0 Å². The molecule has 0 unspecified atom stereocenters. The van der Waals surface area contributed by atoms with Crippen molar-refractivity contribution >= 4 is 15.9 Å². The third-order valence-corrected chi connectivity index (χ3v) is 4.73. The smallest absolute Gasteiger partial charge is 0.124 e. The molecule has 0 bridgehead atoms. The molecule has 1 heterocycles. The average molecular weight is 475 g/mol. The number of hydrogen-bond donors (Lipinski definition) is 1. The van der Waals surface area contributed by atoms with E-state index in [2.05, 4.69) is 15.9 Å². The summed E-state index contributed by atoms with van der Waals surface area (Å²) in [5, 5.41) is 9.21. The molecule has 0 radical (unpaired) electrons. The highest BCUT2D eigenvalue weighted by Crippen LogP contribution is 2.17. The molecule has 9 nitrogen and oxygen atoms in total. The Kier molecular flexibility index (Phi) is 17.8. The topological polar surface area (TPSA) is 94.1 Å². The second-order valence-electron chi connectivity index (χ2n) is 6.06. The number of alkyl halides is 1. The van der Waals surface area contributed by atoms with Gasteiger partial charge in [-0.25, -0.2) is 0 Å². The molecule has 1 N–H and O–H groups in total. The van der Waals surface area contributed by atoms with Crippen molar-refractivity contribution < 1.29 is 43.0 Å². The Hall–Kier alpha value is 0.120. The number of hydrogen-bond acceptors (Lipinski definition) is 9. The molecule has 0 amide bonds. The molecule has 0 atom stereocenters. The number of aliphatic hydroxyl groups excluding tert-OH is 1. The lowest BCUT2D eigenvalue weighted by Gasteiger charge is -2.32. The minimum Gasteiger partial charge on any atom is -0.394 e. The van der Waals surface area contributed by atoms with Crippen molar-refractivity contribution in [1.29, 1.82) is 0 Å². The largest absolute Gasteiger partial charge is 0.394 e. The molecule has 0 spiro atoms. The van der Waals surface area contributed by atoms with Gasteiger partial charge < -0.3 is 43.0 Å². The van der Waals surface area contributed by atoms with E-state index < -0.39 is 5.60 Å². The summed E-state index contributed by atoms with van der Waals surface area (Å²) in [6, 6.07) is 0. The Balaban J connectivity index is 2.33. The second-order valence-corrected chi connectivity index (χ2v) is 6.62. The van der Waals surface area contributed by atoms with E-state index in [1.165, 1.54) is 0 Å². The van der Waals surface area contributed by atoms with Crippen molar-refractivity contribution in [2.45, 2.75) is 5.60 Å². The van der Waals surface area contributed by atoms with Crippen LogP contribution in [-0.4, -0.2) is 122 Å². The van der Waals surface area contributed by atoms with Crippen molar-refractivity contribution in [3.8, 4) is 0 Å². The van der Waals surface area contributed by atoms with Gasteiger partial charge in [-0.2, -0.15) is 0 Å². The van der Waals surface area contributed by atoms with Crippen molar-refractivity contribution in [1.82, 2.24) is 0 Å². The lowest BCUT2D eigenvalue weighted by Crippen LogP contribution is -2.46. The van der Waals surface area contributed by atoms with Gasteiger partial charge >= 0.3 is 0 Å². The highest BCUT2D eigenvalue weighted by Gasteiger charge is 2.31. The molecule has 168 valence electrons. The average Bonchev–Trinajstić information content (AvgIpc) is 2.71. The summed E-state index contributed by atoms with van der Waals surface area (Å²) in [6.45, 7) is 6.91. The van der Waals surface area contributed by atoms with Crippen LogP contribution in [0, 0.1) is 0 Å². The van der Waals surface area contributed by atoms with Crippen LogP contribution in [0.3, 0.4) is 0 Å². The molecule has 0 aromatic carbocycles. The van der Waals surface area contributed by atoms with E-state index in [1.54, 1.807) is 0 Å². The van der Waals surface area contributed by atoms with Gasteiger partial charge in [0.25, 0.3) is 0 Å². The van der Waals surface area contributed by atoms with E-state index in [1.807, 2.05) is 0 Å². The van der Waals surface area contributed by atoms with Crippen LogP contribution in [0.25, 0.3) is 0 Å². The maximum absolute atomic E-state index is 8.64. The summed E-state index contributed by atoms with van der Waals surface area (Å²) < 4.78 is 44.5. The zero-order valence-electron chi connectivity index (χ0n) is 16.6. The van der Waals surface area contributed by atoms with Gasteiger partial charge in [0.05, 0.1) is 106 Å². The monoisotopic (exact) mass is 474 g/mol. The Bertz CT molecular complexity index is 320. The lowest BCUT2D eigenvalue weighted by atomic mass is 10.1. The van der Waals surface area contributed by atoms with Gasteiger partial charge in [0.1, 0.15) is 5.60 Å². The zero-order chi connectivity index (χ0) is 20.2. The molecule has 1 rings (SSSR count). The van der Waals surface area contributed by atoms with E-state index in [0.29, 0.717) is 104 Å². The number of aliphatic hydroxyl groups is 1. The summed E-state index contributed by atoms with van der Waals surface area (Å²) in [5.41, 5.74) is -0.614. The molecular formula is C18H35BrO9. The quantitative estimate of drug-likeness (QED) is 0.353. The van der Waals surface area contributed by atoms with Gasteiger partial charge in [0, 0.05) is 5.33 Å². The highest BCUT2D eigenvalue weighted by molar-refractivity contribution is 9.09. The minimum absolute atomic E-state index is 0.0146. The molecule has 0 aromatic heterocycles. The van der Waals surface area contributed by atoms with E-state index in [0.717, 1.165) is 0 Å². The Morgan fingerprint density at radius 1 is 0.643 bits per heavy atom. The number of rotatable bonds is 10. The summed E-state index contributed by atoms with van der Waals surface area (Å²) in [5.74, 6) is 0. The fourth-order valence-corrected chi connectivity index (χ4v) is 2.72. The normalized spacial score (nSPS) is 20.8. The maximum atomic E-state index is 8.64. The highest BCUT2D eigenvalue weighted by atomic mass is 79.9. The summed E-state index contributed by atoms with van der Waals surface area (Å²) in [6.07, 6.45) is 0. The standard InChI is InChI=1S/C18H35BrO9/c19-15-18(28-14-13-25-4-3-21-2-1-20)16-26-11-9-23-7-5-22-6-8-24-10-12-27-17-18/h20H,1-17H2. The van der Waals surface area contributed by atoms with Crippen LogP contribution >= 0.6 is 15.9 Å². The van der Waals surface area contributed by atoms with Gasteiger partial charge in [-0.1, -0.05) is 15.9 Å². The Morgan fingerprint density at radius 3 is 1.54 bits per heavy atom. The first kappa shape index (κ1) is 26.2. The van der Waals surface area contributed by atoms with Crippen LogP contribution in [0.2, 0.25) is 0 Å². The SMILES string of the molecule is OCCOCCOCCOC1(CBr)COCCOCCOCCOCCOC1. The van der Waals surface area contributed by atoms with E-state index in [4.69, 9.17) is 43.0 Å². The molecule has 10 heteroatoms. The second kappa shape index (κ2) is 19.1. The van der Waals surface area contributed by atoms with Crippen LogP contribution in [0.1, 0.15) is 0 Å². The van der Waals surface area contributed by atoms with Crippen molar-refractivity contribution in [2.75, 3.05) is 111 Å². The van der Waals surface area contributed by atoms with Gasteiger partial charge in [-0.05, 0) is 0 Å². The zero-order valence-corrected chi connectivity index (χ0v) is 18.2. The van der Waals surface area contributed by atoms with E-state index in [-0.39, 0.29) is 6.61 Å². The van der Waals surface area contributed by atoms with Crippen LogP contribution in [-0.2, 0) is 37.9 Å². The molecule has 0 aliphatic carbocycles. The van der Waals surface area contributed by atoms with E-state index >= 15 is 0 Å². The molecule has 1 saturated heterocycles. The van der Waals surface area contributed by atoms with Crippen LogP contribution in [0.5, 0.6) is 0 Å². The predicted molar refractivity (Wildman–Crippen MR) is 105 cm³/mol. The van der Waals surface area contributed by atoms with Crippen molar-refractivity contribution in [3.63, 3.8) is 0 Å². The van der Waals surface area contributed by atoms with Crippen molar-refractivity contribution in [3.05, 3.63) is 0 Å². The number of halogens is 1. The van der Waals surface area contributed by atoms with Gasteiger partial charge in [0.2, 0.25) is 0 Å². The van der Waals surface area contributed by atoms with Crippen LogP contribution in [0.4, 0.5) is 0 Å². The fraction of sp³-hybridized carbons (Fsp3) is 1.00. The summed E-state index contributed by atoms with van der Waals surface area (Å²) in [7, 11) is 0. The fourth-order valence-electron chi connectivity index (χ4n) is 2.24. The molecule has 0 aromatic rings. The Labute approximate surface area is 176 Å². The summed E-state index contributed by atoms with van der Waals surface area (Å²) in [4.78, 5) is 0. The van der Waals surface area contributed by atoms with E-state index in [9.17, 15) is 0 Å². The maximum Gasteiger partial charge on any atom is 0.124 e.